The number of benzene rings is 3. The summed E-state index contributed by atoms with van der Waals surface area (Å²) in [5.74, 6) is -6.01. The van der Waals surface area contributed by atoms with Crippen LogP contribution in [0.15, 0.2) is 72.8 Å². The number of carbonyl (C=O) groups excluding carboxylic acids is 6. The van der Waals surface area contributed by atoms with Gasteiger partial charge in [0.1, 0.15) is 6.61 Å². The Kier molecular flexibility index (Phi) is 14.5. The highest BCUT2D eigenvalue weighted by Crippen LogP contribution is 2.21. The van der Waals surface area contributed by atoms with E-state index in [0.29, 0.717) is 12.8 Å². The van der Waals surface area contributed by atoms with Crippen LogP contribution >= 0.6 is 0 Å². The Bertz CT molecular complexity index is 1590. The van der Waals surface area contributed by atoms with E-state index in [0.717, 1.165) is 21.9 Å². The smallest absolute Gasteiger partial charge is 0.306 e. The van der Waals surface area contributed by atoms with E-state index in [9.17, 15) is 28.8 Å². The number of nitrogens with one attached hydrogen (secondary N) is 2. The summed E-state index contributed by atoms with van der Waals surface area (Å²) < 4.78 is 5.39. The lowest BCUT2D eigenvalue weighted by Crippen LogP contribution is -2.52. The Labute approximate surface area is 282 Å². The first kappa shape index (κ1) is 37.6. The van der Waals surface area contributed by atoms with Gasteiger partial charge in [-0.05, 0) is 46.6 Å². The number of primary amides is 1. The molecule has 4 atom stereocenters. The van der Waals surface area contributed by atoms with Crippen LogP contribution in [0.3, 0.4) is 0 Å². The topological polar surface area (TPSA) is 162 Å². The van der Waals surface area contributed by atoms with Gasteiger partial charge in [-0.3, -0.25) is 28.8 Å². The van der Waals surface area contributed by atoms with Gasteiger partial charge in [0.2, 0.25) is 17.6 Å². The number of hydrogen-bond donors (Lipinski definition) is 3. The van der Waals surface area contributed by atoms with Crippen LogP contribution in [-0.4, -0.2) is 47.8 Å². The van der Waals surface area contributed by atoms with E-state index in [-0.39, 0.29) is 31.8 Å². The van der Waals surface area contributed by atoms with E-state index in [1.807, 2.05) is 93.6 Å². The predicted octanol–water partition coefficient (Wildman–Crippen LogP) is 4.46. The summed E-state index contributed by atoms with van der Waals surface area (Å²) >= 11 is 0. The van der Waals surface area contributed by atoms with Crippen LogP contribution in [-0.2, 0) is 46.5 Å². The molecule has 48 heavy (non-hydrogen) atoms. The fourth-order valence-electron chi connectivity index (χ4n) is 5.50. The summed E-state index contributed by atoms with van der Waals surface area (Å²) in [6.07, 6.45) is 0.706. The summed E-state index contributed by atoms with van der Waals surface area (Å²) in [7, 11) is 0. The lowest BCUT2D eigenvalue weighted by Gasteiger charge is -2.26. The highest BCUT2D eigenvalue weighted by atomic mass is 16.5. The molecular formula is C38H47N3O7. The Morgan fingerprint density at radius 3 is 2.10 bits per heavy atom. The van der Waals surface area contributed by atoms with Crippen molar-refractivity contribution in [2.24, 2.45) is 29.4 Å². The molecule has 4 N–H and O–H groups in total. The molecule has 3 amide bonds. The number of fused-ring (bicyclic) bond motifs is 1. The average Bonchev–Trinajstić information content (AvgIpc) is 3.07. The van der Waals surface area contributed by atoms with Crippen molar-refractivity contribution in [1.82, 2.24) is 10.6 Å². The third-order valence-electron chi connectivity index (χ3n) is 8.42. The van der Waals surface area contributed by atoms with E-state index >= 15 is 0 Å². The molecule has 0 saturated carbocycles. The molecule has 10 nitrogen and oxygen atoms in total. The molecule has 3 rings (SSSR count). The monoisotopic (exact) mass is 657 g/mol. The van der Waals surface area contributed by atoms with Crippen molar-refractivity contribution in [2.45, 2.75) is 72.4 Å². The number of ketones is 2. The molecule has 0 aromatic heterocycles. The first-order chi connectivity index (χ1) is 22.9. The van der Waals surface area contributed by atoms with Crippen LogP contribution in [0, 0.1) is 23.7 Å². The van der Waals surface area contributed by atoms with Gasteiger partial charge in [-0.2, -0.15) is 0 Å². The number of Topliss-reactive ketones (excluding diaryl/α,β-unsaturated/α-hetero) is 2. The fraction of sp³-hybridized carbons (Fsp3) is 0.421. The highest BCUT2D eigenvalue weighted by molar-refractivity contribution is 6.38. The Hall–Kier alpha value is -4.86. The molecule has 256 valence electrons. The fourth-order valence-corrected chi connectivity index (χ4v) is 5.50. The second kappa shape index (κ2) is 18.5. The molecule has 0 aliphatic carbocycles. The van der Waals surface area contributed by atoms with Crippen LogP contribution in [0.5, 0.6) is 0 Å². The molecule has 0 bridgehead atoms. The molecule has 0 aliphatic rings. The van der Waals surface area contributed by atoms with Gasteiger partial charge < -0.3 is 21.1 Å². The normalized spacial score (nSPS) is 13.6. The Morgan fingerprint density at radius 1 is 0.792 bits per heavy atom. The average molecular weight is 658 g/mol. The maximum atomic E-state index is 13.4. The van der Waals surface area contributed by atoms with Gasteiger partial charge in [0.25, 0.3) is 5.91 Å². The van der Waals surface area contributed by atoms with Gasteiger partial charge in [-0.1, -0.05) is 107 Å². The van der Waals surface area contributed by atoms with Crippen molar-refractivity contribution in [3.63, 3.8) is 0 Å². The van der Waals surface area contributed by atoms with Crippen molar-refractivity contribution in [3.8, 4) is 0 Å². The Balaban J connectivity index is 1.59. The third-order valence-corrected chi connectivity index (χ3v) is 8.42. The van der Waals surface area contributed by atoms with Crippen LogP contribution in [0.2, 0.25) is 0 Å². The third kappa shape index (κ3) is 11.7. The number of nitrogens with two attached hydrogens (primary N) is 1. The van der Waals surface area contributed by atoms with Gasteiger partial charge in [-0.15, -0.1) is 0 Å². The highest BCUT2D eigenvalue weighted by Gasteiger charge is 2.34. The molecule has 0 heterocycles. The van der Waals surface area contributed by atoms with Gasteiger partial charge in [0.05, 0.1) is 19.0 Å². The molecule has 0 radical (unpaired) electrons. The van der Waals surface area contributed by atoms with Crippen molar-refractivity contribution >= 4 is 46.0 Å². The molecule has 10 heteroatoms. The van der Waals surface area contributed by atoms with Gasteiger partial charge in [-0.25, -0.2) is 0 Å². The van der Waals surface area contributed by atoms with Crippen LogP contribution in [0.4, 0.5) is 0 Å². The lowest BCUT2D eigenvalue weighted by atomic mass is 9.90. The van der Waals surface area contributed by atoms with Gasteiger partial charge >= 0.3 is 5.97 Å². The van der Waals surface area contributed by atoms with Crippen molar-refractivity contribution < 1.29 is 33.5 Å². The zero-order valence-electron chi connectivity index (χ0n) is 28.2. The zero-order valence-corrected chi connectivity index (χ0v) is 28.2. The largest absolute Gasteiger partial charge is 0.461 e. The number of rotatable bonds is 19. The maximum absolute atomic E-state index is 13.4. The van der Waals surface area contributed by atoms with E-state index in [1.54, 1.807) is 6.92 Å². The number of esters is 1. The molecule has 0 saturated heterocycles. The molecule has 0 aliphatic heterocycles. The SMILES string of the molecule is CC[C@H](C)C(NC(=O)[C@H](CC(=O)OCc1ccccc1)CC(C)C)C(=O)C(=O)NCC(=O)C[C@@H](Cc1ccc2ccccc2c1)C(N)=O. The predicted molar refractivity (Wildman–Crippen MR) is 183 cm³/mol. The van der Waals surface area contributed by atoms with Crippen molar-refractivity contribution in [2.75, 3.05) is 6.54 Å². The Morgan fingerprint density at radius 2 is 1.46 bits per heavy atom. The van der Waals surface area contributed by atoms with E-state index in [2.05, 4.69) is 10.6 Å². The second-order valence-corrected chi connectivity index (χ2v) is 12.8. The number of amides is 3. The molecule has 0 fully saturated rings. The van der Waals surface area contributed by atoms with Crippen LogP contribution in [0.1, 0.15) is 64.5 Å². The molecule has 0 spiro atoms. The second-order valence-electron chi connectivity index (χ2n) is 12.8. The van der Waals surface area contributed by atoms with Crippen molar-refractivity contribution in [1.29, 1.82) is 0 Å². The molecular weight excluding hydrogens is 610 g/mol. The minimum atomic E-state index is -1.17. The molecule has 1 unspecified atom stereocenters. The maximum Gasteiger partial charge on any atom is 0.306 e. The summed E-state index contributed by atoms with van der Waals surface area (Å²) in [4.78, 5) is 77.3. The summed E-state index contributed by atoms with van der Waals surface area (Å²) in [6, 6.07) is 21.6. The number of carbonyl (C=O) groups is 6. The van der Waals surface area contributed by atoms with Crippen LogP contribution < -0.4 is 16.4 Å². The van der Waals surface area contributed by atoms with Gasteiger partial charge in [0.15, 0.2) is 5.78 Å². The lowest BCUT2D eigenvalue weighted by molar-refractivity contribution is -0.149. The van der Waals surface area contributed by atoms with E-state index < -0.39 is 65.6 Å². The quantitative estimate of drug-likeness (QED) is 0.127. The number of ether oxygens (including phenoxy) is 1. The first-order valence-corrected chi connectivity index (χ1v) is 16.5. The number of hydrogen-bond acceptors (Lipinski definition) is 7. The zero-order chi connectivity index (χ0) is 35.2. The van der Waals surface area contributed by atoms with Gasteiger partial charge in [0, 0.05) is 18.3 Å². The summed E-state index contributed by atoms with van der Waals surface area (Å²) in [5, 5.41) is 7.10. The first-order valence-electron chi connectivity index (χ1n) is 16.5. The molecule has 3 aromatic carbocycles. The minimum absolute atomic E-state index is 0.0696. The van der Waals surface area contributed by atoms with Crippen molar-refractivity contribution in [3.05, 3.63) is 83.9 Å². The van der Waals surface area contributed by atoms with Crippen LogP contribution in [0.25, 0.3) is 10.8 Å². The standard InChI is InChI=1S/C38H47N3O7/c1-5-25(4)34(41-37(46)31(17-24(2)3)21-33(43)48-23-26-11-7-6-8-12-26)35(44)38(47)40-22-32(42)20-30(36(39)45)19-27-15-16-28-13-9-10-14-29(28)18-27/h6-16,18,24-25,30-31,34H,5,17,19-23H2,1-4H3,(H2,39,45)(H,40,47)(H,41,46)/t25-,30+,31-,34?/m0/s1. The van der Waals surface area contributed by atoms with E-state index in [1.165, 1.54) is 0 Å². The summed E-state index contributed by atoms with van der Waals surface area (Å²) in [6.45, 7) is 6.99. The molecule has 3 aromatic rings. The summed E-state index contributed by atoms with van der Waals surface area (Å²) in [5.41, 5.74) is 7.27. The van der Waals surface area contributed by atoms with E-state index in [4.69, 9.17) is 10.5 Å². The minimum Gasteiger partial charge on any atom is -0.461 e.